The molecule has 1 atom stereocenters. The van der Waals surface area contributed by atoms with Crippen LogP contribution in [0.1, 0.15) is 19.8 Å². The van der Waals surface area contributed by atoms with E-state index in [-0.39, 0.29) is 5.91 Å². The van der Waals surface area contributed by atoms with Gasteiger partial charge in [0.1, 0.15) is 0 Å². The van der Waals surface area contributed by atoms with E-state index >= 15 is 0 Å². The summed E-state index contributed by atoms with van der Waals surface area (Å²) in [6, 6.07) is 2.49. The Hall–Kier alpha value is -1.12. The molecule has 1 aliphatic heterocycles. The molecule has 1 unspecified atom stereocenters. The zero-order valence-electron chi connectivity index (χ0n) is 9.83. The van der Waals surface area contributed by atoms with E-state index in [0.717, 1.165) is 26.1 Å². The Balaban J connectivity index is 2.26. The highest BCUT2D eigenvalue weighted by atomic mass is 16.2. The molecule has 0 bridgehead atoms. The molecule has 1 aliphatic rings. The van der Waals surface area contributed by atoms with Crippen LogP contribution in [0.3, 0.4) is 0 Å². The van der Waals surface area contributed by atoms with Crippen molar-refractivity contribution in [3.05, 3.63) is 0 Å². The van der Waals surface area contributed by atoms with Crippen LogP contribution in [-0.2, 0) is 4.79 Å². The molecule has 0 aliphatic carbocycles. The molecule has 2 N–H and O–H groups in total. The lowest BCUT2D eigenvalue weighted by Crippen LogP contribution is -2.43. The van der Waals surface area contributed by atoms with Crippen LogP contribution in [0.4, 0.5) is 0 Å². The summed E-state index contributed by atoms with van der Waals surface area (Å²) in [5, 5.41) is 14.4. The molecule has 0 aromatic heterocycles. The van der Waals surface area contributed by atoms with Crippen LogP contribution in [0.25, 0.3) is 0 Å². The third kappa shape index (κ3) is 4.17. The summed E-state index contributed by atoms with van der Waals surface area (Å²) in [6.07, 6.45) is 1.49. The van der Waals surface area contributed by atoms with Crippen LogP contribution in [0.2, 0.25) is 0 Å². The van der Waals surface area contributed by atoms with Gasteiger partial charge in [-0.05, 0) is 19.5 Å². The third-order valence-electron chi connectivity index (χ3n) is 2.86. The van der Waals surface area contributed by atoms with Crippen molar-refractivity contribution in [2.24, 2.45) is 0 Å². The van der Waals surface area contributed by atoms with Gasteiger partial charge < -0.3 is 10.6 Å². The second-order valence-corrected chi connectivity index (χ2v) is 3.97. The molecule has 1 saturated heterocycles. The van der Waals surface area contributed by atoms with Gasteiger partial charge in [0.2, 0.25) is 5.91 Å². The number of hydrogen-bond acceptors (Lipinski definition) is 4. The standard InChI is InChI=1S/C11H20N4O/c1-2-15(10-4-7-13-8-10)9-11(16)14-6-3-5-12/h10,13H,2-4,6-9H2,1H3,(H,14,16). The minimum absolute atomic E-state index is 0.0176. The van der Waals surface area contributed by atoms with Crippen molar-refractivity contribution in [1.29, 1.82) is 5.26 Å². The van der Waals surface area contributed by atoms with Gasteiger partial charge in [-0.2, -0.15) is 5.26 Å². The van der Waals surface area contributed by atoms with Gasteiger partial charge >= 0.3 is 0 Å². The van der Waals surface area contributed by atoms with Gasteiger partial charge in [0.15, 0.2) is 0 Å². The van der Waals surface area contributed by atoms with Crippen LogP contribution >= 0.6 is 0 Å². The van der Waals surface area contributed by atoms with Gasteiger partial charge in [-0.1, -0.05) is 6.92 Å². The van der Waals surface area contributed by atoms with Gasteiger partial charge in [0.05, 0.1) is 19.0 Å². The number of rotatable bonds is 6. The highest BCUT2D eigenvalue weighted by Gasteiger charge is 2.22. The van der Waals surface area contributed by atoms with Gasteiger partial charge in [-0.25, -0.2) is 0 Å². The molecule has 90 valence electrons. The van der Waals surface area contributed by atoms with Gasteiger partial charge in [0, 0.05) is 19.1 Å². The van der Waals surface area contributed by atoms with E-state index in [9.17, 15) is 4.79 Å². The first-order valence-corrected chi connectivity index (χ1v) is 5.86. The Kier molecular flexibility index (Phi) is 5.83. The zero-order chi connectivity index (χ0) is 11.8. The number of nitrogens with zero attached hydrogens (tertiary/aromatic N) is 2. The normalized spacial score (nSPS) is 19.7. The van der Waals surface area contributed by atoms with E-state index in [4.69, 9.17) is 5.26 Å². The number of nitriles is 1. The molecule has 0 spiro atoms. The summed E-state index contributed by atoms with van der Waals surface area (Å²) < 4.78 is 0. The minimum atomic E-state index is 0.0176. The number of carbonyl (C=O) groups excluding carboxylic acids is 1. The Morgan fingerprint density at radius 3 is 3.06 bits per heavy atom. The van der Waals surface area contributed by atoms with E-state index in [1.165, 1.54) is 0 Å². The predicted molar refractivity (Wildman–Crippen MR) is 61.8 cm³/mol. The fraction of sp³-hybridized carbons (Fsp3) is 0.818. The smallest absolute Gasteiger partial charge is 0.234 e. The van der Waals surface area contributed by atoms with E-state index in [1.807, 2.05) is 6.07 Å². The molecule has 1 heterocycles. The summed E-state index contributed by atoms with van der Waals surface area (Å²) in [5.41, 5.74) is 0. The average Bonchev–Trinajstić information content (AvgIpc) is 2.79. The molecule has 1 fully saturated rings. The summed E-state index contributed by atoms with van der Waals surface area (Å²) in [7, 11) is 0. The average molecular weight is 224 g/mol. The van der Waals surface area contributed by atoms with Gasteiger partial charge in [-0.15, -0.1) is 0 Å². The predicted octanol–water partition coefficient (Wildman–Crippen LogP) is -0.300. The van der Waals surface area contributed by atoms with Crippen molar-refractivity contribution in [1.82, 2.24) is 15.5 Å². The first kappa shape index (κ1) is 12.9. The summed E-state index contributed by atoms with van der Waals surface area (Å²) in [5.74, 6) is 0.0176. The van der Waals surface area contributed by atoms with Crippen molar-refractivity contribution >= 4 is 5.91 Å². The SMILES string of the molecule is CCN(CC(=O)NCCC#N)C1CCNC1. The van der Waals surface area contributed by atoms with Gasteiger partial charge in [-0.3, -0.25) is 9.69 Å². The van der Waals surface area contributed by atoms with E-state index < -0.39 is 0 Å². The van der Waals surface area contributed by atoms with Crippen LogP contribution in [0.5, 0.6) is 0 Å². The fourth-order valence-electron chi connectivity index (χ4n) is 1.95. The Morgan fingerprint density at radius 1 is 1.69 bits per heavy atom. The molecule has 1 amide bonds. The number of likely N-dealkylation sites (N-methyl/N-ethyl adjacent to an activating group) is 1. The summed E-state index contributed by atoms with van der Waals surface area (Å²) in [6.45, 7) is 5.86. The molecule has 0 saturated carbocycles. The van der Waals surface area contributed by atoms with E-state index in [1.54, 1.807) is 0 Å². The lowest BCUT2D eigenvalue weighted by Gasteiger charge is -2.25. The van der Waals surface area contributed by atoms with Crippen molar-refractivity contribution in [3.8, 4) is 6.07 Å². The third-order valence-corrected chi connectivity index (χ3v) is 2.86. The maximum absolute atomic E-state index is 11.6. The molecule has 5 nitrogen and oxygen atoms in total. The van der Waals surface area contributed by atoms with E-state index in [2.05, 4.69) is 22.5 Å². The Morgan fingerprint density at radius 2 is 2.50 bits per heavy atom. The van der Waals surface area contributed by atoms with Crippen molar-refractivity contribution in [2.75, 3.05) is 32.7 Å². The molecular formula is C11H20N4O. The molecule has 5 heteroatoms. The van der Waals surface area contributed by atoms with Crippen LogP contribution in [-0.4, -0.2) is 49.6 Å². The number of hydrogen-bond donors (Lipinski definition) is 2. The lowest BCUT2D eigenvalue weighted by atomic mass is 10.2. The monoisotopic (exact) mass is 224 g/mol. The molecule has 16 heavy (non-hydrogen) atoms. The second-order valence-electron chi connectivity index (χ2n) is 3.97. The van der Waals surface area contributed by atoms with Gasteiger partial charge in [0.25, 0.3) is 0 Å². The van der Waals surface area contributed by atoms with Crippen LogP contribution in [0.15, 0.2) is 0 Å². The molecule has 1 rings (SSSR count). The topological polar surface area (TPSA) is 68.2 Å². The highest BCUT2D eigenvalue weighted by molar-refractivity contribution is 5.78. The molecule has 0 radical (unpaired) electrons. The molecular weight excluding hydrogens is 204 g/mol. The van der Waals surface area contributed by atoms with Crippen LogP contribution in [0, 0.1) is 11.3 Å². The van der Waals surface area contributed by atoms with E-state index in [0.29, 0.717) is 25.6 Å². The fourth-order valence-corrected chi connectivity index (χ4v) is 1.95. The van der Waals surface area contributed by atoms with Crippen molar-refractivity contribution in [2.45, 2.75) is 25.8 Å². The zero-order valence-corrected chi connectivity index (χ0v) is 9.83. The summed E-state index contributed by atoms with van der Waals surface area (Å²) >= 11 is 0. The van der Waals surface area contributed by atoms with Crippen molar-refractivity contribution < 1.29 is 4.79 Å². The Labute approximate surface area is 96.8 Å². The molecule has 0 aromatic carbocycles. The quantitative estimate of drug-likeness (QED) is 0.608. The highest BCUT2D eigenvalue weighted by Crippen LogP contribution is 2.07. The second kappa shape index (κ2) is 7.20. The lowest BCUT2D eigenvalue weighted by molar-refractivity contribution is -0.122. The summed E-state index contributed by atoms with van der Waals surface area (Å²) in [4.78, 5) is 13.7. The van der Waals surface area contributed by atoms with Crippen molar-refractivity contribution in [3.63, 3.8) is 0 Å². The number of nitrogens with one attached hydrogen (secondary N) is 2. The first-order chi connectivity index (χ1) is 7.77. The minimum Gasteiger partial charge on any atom is -0.354 e. The first-order valence-electron chi connectivity index (χ1n) is 5.86. The maximum Gasteiger partial charge on any atom is 0.234 e. The number of carbonyl (C=O) groups is 1. The number of amides is 1. The largest absolute Gasteiger partial charge is 0.354 e. The Bertz CT molecular complexity index is 255. The van der Waals surface area contributed by atoms with Crippen LogP contribution < -0.4 is 10.6 Å². The molecule has 0 aromatic rings. The maximum atomic E-state index is 11.6.